The number of nitrogens with zero attached hydrogens (tertiary/aromatic N) is 1. The maximum atomic E-state index is 12.0. The minimum Gasteiger partial charge on any atom is -0.480 e. The highest BCUT2D eigenvalue weighted by molar-refractivity contribution is 5.85. The Hall–Kier alpha value is -1.10. The summed E-state index contributed by atoms with van der Waals surface area (Å²) in [6.45, 7) is 1.08. The topological polar surface area (TPSA) is 66.8 Å². The van der Waals surface area contributed by atoms with Gasteiger partial charge in [-0.05, 0) is 25.7 Å². The first-order chi connectivity index (χ1) is 7.68. The van der Waals surface area contributed by atoms with Gasteiger partial charge in [0.15, 0.2) is 0 Å². The first-order valence-electron chi connectivity index (χ1n) is 5.78. The minimum absolute atomic E-state index is 0.0225. The molecule has 2 fully saturated rings. The molecule has 1 amide bonds. The highest BCUT2D eigenvalue weighted by Crippen LogP contribution is 2.32. The van der Waals surface area contributed by atoms with Crippen molar-refractivity contribution < 1.29 is 19.4 Å². The number of carboxylic acid groups (broad SMARTS) is 1. The zero-order valence-corrected chi connectivity index (χ0v) is 9.22. The number of ether oxygens (including phenoxy) is 1. The number of rotatable bonds is 4. The monoisotopic (exact) mass is 227 g/mol. The molecule has 16 heavy (non-hydrogen) atoms. The van der Waals surface area contributed by atoms with Crippen molar-refractivity contribution in [2.24, 2.45) is 5.92 Å². The molecule has 0 spiro atoms. The molecule has 0 aromatic rings. The standard InChI is InChI=1S/C11H17NO4/c13-10(14)7-12(11(15)8-1-2-8)9-3-5-16-6-4-9/h8-9H,1-7H2,(H,13,14). The molecule has 1 saturated carbocycles. The number of carboxylic acids is 1. The lowest BCUT2D eigenvalue weighted by atomic mass is 10.1. The molecule has 5 heteroatoms. The summed E-state index contributed by atoms with van der Waals surface area (Å²) >= 11 is 0. The molecule has 2 rings (SSSR count). The Morgan fingerprint density at radius 3 is 2.31 bits per heavy atom. The van der Waals surface area contributed by atoms with Gasteiger partial charge in [0.25, 0.3) is 0 Å². The van der Waals surface area contributed by atoms with E-state index in [1.807, 2.05) is 0 Å². The van der Waals surface area contributed by atoms with E-state index in [9.17, 15) is 9.59 Å². The summed E-state index contributed by atoms with van der Waals surface area (Å²) in [4.78, 5) is 24.3. The molecule has 1 aliphatic heterocycles. The molecular weight excluding hydrogens is 210 g/mol. The second kappa shape index (κ2) is 4.82. The lowest BCUT2D eigenvalue weighted by Crippen LogP contribution is -2.46. The number of carbonyl (C=O) groups is 2. The number of aliphatic carboxylic acids is 1. The van der Waals surface area contributed by atoms with Crippen molar-refractivity contribution >= 4 is 11.9 Å². The van der Waals surface area contributed by atoms with E-state index < -0.39 is 5.97 Å². The van der Waals surface area contributed by atoms with Crippen molar-refractivity contribution in [2.45, 2.75) is 31.7 Å². The molecule has 1 saturated heterocycles. The molecule has 0 bridgehead atoms. The number of carbonyl (C=O) groups excluding carboxylic acids is 1. The lowest BCUT2D eigenvalue weighted by Gasteiger charge is -2.33. The van der Waals surface area contributed by atoms with Gasteiger partial charge in [-0.3, -0.25) is 9.59 Å². The van der Waals surface area contributed by atoms with Crippen molar-refractivity contribution in [3.8, 4) is 0 Å². The quantitative estimate of drug-likeness (QED) is 0.759. The van der Waals surface area contributed by atoms with E-state index in [4.69, 9.17) is 9.84 Å². The normalized spacial score (nSPS) is 21.8. The molecule has 2 aliphatic rings. The van der Waals surface area contributed by atoms with Gasteiger partial charge in [0.05, 0.1) is 0 Å². The van der Waals surface area contributed by atoms with Gasteiger partial charge in [0.1, 0.15) is 6.54 Å². The van der Waals surface area contributed by atoms with Crippen molar-refractivity contribution in [3.63, 3.8) is 0 Å². The molecule has 0 aromatic carbocycles. The Morgan fingerprint density at radius 2 is 1.81 bits per heavy atom. The van der Waals surface area contributed by atoms with E-state index in [-0.39, 0.29) is 24.4 Å². The van der Waals surface area contributed by atoms with Gasteiger partial charge in [-0.1, -0.05) is 0 Å². The minimum atomic E-state index is -0.930. The highest BCUT2D eigenvalue weighted by Gasteiger charge is 2.37. The van der Waals surface area contributed by atoms with Crippen LogP contribution in [0.4, 0.5) is 0 Å². The number of hydrogen-bond acceptors (Lipinski definition) is 3. The predicted molar refractivity (Wildman–Crippen MR) is 55.9 cm³/mol. The Kier molecular flexibility index (Phi) is 3.43. The fraction of sp³-hybridized carbons (Fsp3) is 0.818. The van der Waals surface area contributed by atoms with Crippen molar-refractivity contribution in [3.05, 3.63) is 0 Å². The smallest absolute Gasteiger partial charge is 0.323 e. The van der Waals surface area contributed by atoms with Crippen LogP contribution < -0.4 is 0 Å². The molecular formula is C11H17NO4. The van der Waals surface area contributed by atoms with Crippen molar-refractivity contribution in [1.29, 1.82) is 0 Å². The van der Waals surface area contributed by atoms with E-state index in [1.54, 1.807) is 4.90 Å². The van der Waals surface area contributed by atoms with Crippen LogP contribution in [0.2, 0.25) is 0 Å². The molecule has 0 radical (unpaired) electrons. The van der Waals surface area contributed by atoms with Gasteiger partial charge in [0, 0.05) is 25.2 Å². The summed E-state index contributed by atoms with van der Waals surface area (Å²) in [5.74, 6) is -0.822. The van der Waals surface area contributed by atoms with E-state index in [0.29, 0.717) is 13.2 Å². The second-order valence-corrected chi connectivity index (χ2v) is 4.48. The largest absolute Gasteiger partial charge is 0.480 e. The molecule has 1 heterocycles. The van der Waals surface area contributed by atoms with E-state index in [2.05, 4.69) is 0 Å². The second-order valence-electron chi connectivity index (χ2n) is 4.48. The number of amides is 1. The molecule has 5 nitrogen and oxygen atoms in total. The van der Waals surface area contributed by atoms with Crippen LogP contribution in [0.15, 0.2) is 0 Å². The van der Waals surface area contributed by atoms with Crippen LogP contribution >= 0.6 is 0 Å². The van der Waals surface area contributed by atoms with Crippen LogP contribution in [-0.4, -0.2) is 47.7 Å². The summed E-state index contributed by atoms with van der Waals surface area (Å²) in [5.41, 5.74) is 0. The van der Waals surface area contributed by atoms with Crippen LogP contribution in [0.25, 0.3) is 0 Å². The Balaban J connectivity index is 1.99. The summed E-state index contributed by atoms with van der Waals surface area (Å²) in [6, 6.07) is 0.0537. The SMILES string of the molecule is O=C(O)CN(C(=O)C1CC1)C1CCOCC1. The van der Waals surface area contributed by atoms with E-state index in [0.717, 1.165) is 25.7 Å². The number of hydrogen-bond donors (Lipinski definition) is 1. The van der Waals surface area contributed by atoms with Crippen LogP contribution in [0.1, 0.15) is 25.7 Å². The predicted octanol–water partition coefficient (Wildman–Crippen LogP) is 0.489. The first kappa shape index (κ1) is 11.4. The van der Waals surface area contributed by atoms with Gasteiger partial charge >= 0.3 is 5.97 Å². The molecule has 1 aliphatic carbocycles. The van der Waals surface area contributed by atoms with Gasteiger partial charge in [-0.2, -0.15) is 0 Å². The van der Waals surface area contributed by atoms with Crippen LogP contribution in [0, 0.1) is 5.92 Å². The Bertz CT molecular complexity index is 282. The Morgan fingerprint density at radius 1 is 1.19 bits per heavy atom. The molecule has 0 atom stereocenters. The highest BCUT2D eigenvalue weighted by atomic mass is 16.5. The summed E-state index contributed by atoms with van der Waals surface area (Å²) in [7, 11) is 0. The fourth-order valence-corrected chi connectivity index (χ4v) is 2.09. The van der Waals surface area contributed by atoms with Crippen LogP contribution in [0.3, 0.4) is 0 Å². The van der Waals surface area contributed by atoms with Crippen molar-refractivity contribution in [2.75, 3.05) is 19.8 Å². The fourth-order valence-electron chi connectivity index (χ4n) is 2.09. The maximum absolute atomic E-state index is 12.0. The van der Waals surface area contributed by atoms with Crippen molar-refractivity contribution in [1.82, 2.24) is 4.90 Å². The first-order valence-corrected chi connectivity index (χ1v) is 5.78. The molecule has 90 valence electrons. The van der Waals surface area contributed by atoms with Crippen LogP contribution in [-0.2, 0) is 14.3 Å². The van der Waals surface area contributed by atoms with E-state index >= 15 is 0 Å². The zero-order chi connectivity index (χ0) is 11.5. The maximum Gasteiger partial charge on any atom is 0.323 e. The van der Waals surface area contributed by atoms with Gasteiger partial charge in [0.2, 0.25) is 5.91 Å². The van der Waals surface area contributed by atoms with Gasteiger partial charge in [-0.25, -0.2) is 0 Å². The summed E-state index contributed by atoms with van der Waals surface area (Å²) in [6.07, 6.45) is 3.34. The summed E-state index contributed by atoms with van der Waals surface area (Å²) < 4.78 is 5.23. The van der Waals surface area contributed by atoms with Gasteiger partial charge in [-0.15, -0.1) is 0 Å². The van der Waals surface area contributed by atoms with Gasteiger partial charge < -0.3 is 14.7 Å². The lowest BCUT2D eigenvalue weighted by molar-refractivity contribution is -0.148. The third-order valence-corrected chi connectivity index (χ3v) is 3.15. The molecule has 1 N–H and O–H groups in total. The molecule has 0 unspecified atom stereocenters. The van der Waals surface area contributed by atoms with Crippen LogP contribution in [0.5, 0.6) is 0 Å². The Labute approximate surface area is 94.4 Å². The average molecular weight is 227 g/mol. The van der Waals surface area contributed by atoms with E-state index in [1.165, 1.54) is 0 Å². The molecule has 0 aromatic heterocycles. The third kappa shape index (κ3) is 2.72. The average Bonchev–Trinajstić information content (AvgIpc) is 3.10. The summed E-state index contributed by atoms with van der Waals surface area (Å²) in [5, 5.41) is 8.84. The third-order valence-electron chi connectivity index (χ3n) is 3.15. The zero-order valence-electron chi connectivity index (χ0n) is 9.22.